The average Bonchev–Trinajstić information content (AvgIpc) is 3.24. The van der Waals surface area contributed by atoms with E-state index in [0.29, 0.717) is 24.7 Å². The van der Waals surface area contributed by atoms with Crippen LogP contribution >= 0.6 is 0 Å². The minimum atomic E-state index is -0.474. The van der Waals surface area contributed by atoms with Crippen molar-refractivity contribution in [3.63, 3.8) is 0 Å². The Morgan fingerprint density at radius 3 is 2.64 bits per heavy atom. The lowest BCUT2D eigenvalue weighted by Crippen LogP contribution is -2.24. The molecule has 0 saturated carbocycles. The average molecular weight is 342 g/mol. The molecule has 0 bridgehead atoms. The zero-order valence-electron chi connectivity index (χ0n) is 14.0. The van der Waals surface area contributed by atoms with Gasteiger partial charge in [-0.2, -0.15) is 0 Å². The van der Waals surface area contributed by atoms with Crippen molar-refractivity contribution in [2.75, 3.05) is 12.0 Å². The van der Waals surface area contributed by atoms with Crippen LogP contribution in [0.1, 0.15) is 11.3 Å². The molecule has 2 aromatic heterocycles. The number of hydrogen-bond donors (Lipinski definition) is 0. The second-order valence-corrected chi connectivity index (χ2v) is 5.54. The summed E-state index contributed by atoms with van der Waals surface area (Å²) >= 11 is 0. The quantitative estimate of drug-likeness (QED) is 0.484. The summed E-state index contributed by atoms with van der Waals surface area (Å²) in [6, 6.07) is 11.2. The van der Waals surface area contributed by atoms with Gasteiger partial charge in [-0.3, -0.25) is 4.57 Å². The molecular weight excluding hydrogens is 324 g/mol. The van der Waals surface area contributed by atoms with Gasteiger partial charge in [0.1, 0.15) is 11.5 Å². The molecule has 3 rings (SSSR count). The SMILES string of the molecule is COc1ccc(CN(Cc2ccco2)c2c([N+](=O)[O-])ncn2C)cc1. The van der Waals surface area contributed by atoms with E-state index in [0.717, 1.165) is 11.3 Å². The Bertz CT molecular complexity index is 840. The molecule has 0 aliphatic heterocycles. The number of rotatable bonds is 7. The van der Waals surface area contributed by atoms with Crippen molar-refractivity contribution in [3.05, 3.63) is 70.4 Å². The molecule has 3 aromatic rings. The second kappa shape index (κ2) is 7.08. The Morgan fingerprint density at radius 1 is 1.28 bits per heavy atom. The minimum absolute atomic E-state index is 0.178. The number of hydrogen-bond acceptors (Lipinski definition) is 6. The van der Waals surface area contributed by atoms with Crippen LogP contribution in [0.4, 0.5) is 11.6 Å². The number of methoxy groups -OCH3 is 1. The molecule has 0 radical (unpaired) electrons. The number of furan rings is 1. The molecule has 0 spiro atoms. The number of aromatic nitrogens is 2. The maximum absolute atomic E-state index is 11.3. The maximum atomic E-state index is 11.3. The molecule has 0 saturated heterocycles. The smallest absolute Gasteiger partial charge is 0.406 e. The van der Waals surface area contributed by atoms with Crippen LogP contribution in [0.25, 0.3) is 0 Å². The van der Waals surface area contributed by atoms with E-state index in [2.05, 4.69) is 4.98 Å². The molecule has 25 heavy (non-hydrogen) atoms. The van der Waals surface area contributed by atoms with Crippen LogP contribution in [0.3, 0.4) is 0 Å². The van der Waals surface area contributed by atoms with Crippen molar-refractivity contribution in [3.8, 4) is 5.75 Å². The van der Waals surface area contributed by atoms with Gasteiger partial charge in [0.15, 0.2) is 0 Å². The molecule has 130 valence electrons. The van der Waals surface area contributed by atoms with Gasteiger partial charge in [-0.1, -0.05) is 12.1 Å². The predicted octanol–water partition coefficient (Wildman–Crippen LogP) is 3.14. The Hall–Kier alpha value is -3.29. The minimum Gasteiger partial charge on any atom is -0.497 e. The topological polar surface area (TPSA) is 86.6 Å². The molecule has 8 heteroatoms. The number of aryl methyl sites for hydroxylation is 1. The third kappa shape index (κ3) is 3.63. The summed E-state index contributed by atoms with van der Waals surface area (Å²) in [4.78, 5) is 16.6. The molecule has 8 nitrogen and oxygen atoms in total. The first-order valence-electron chi connectivity index (χ1n) is 7.64. The molecule has 0 unspecified atom stereocenters. The Morgan fingerprint density at radius 2 is 2.04 bits per heavy atom. The molecule has 0 aliphatic carbocycles. The summed E-state index contributed by atoms with van der Waals surface area (Å²) in [6.45, 7) is 0.852. The van der Waals surface area contributed by atoms with Crippen LogP contribution in [0.5, 0.6) is 5.75 Å². The summed E-state index contributed by atoms with van der Waals surface area (Å²) in [5.74, 6) is 1.72. The molecule has 0 amide bonds. The summed E-state index contributed by atoms with van der Waals surface area (Å²) in [5.41, 5.74) is 0.989. The standard InChI is InChI=1S/C17H18N4O4/c1-19-12-18-16(21(22)23)17(19)20(11-15-4-3-9-25-15)10-13-5-7-14(24-2)8-6-13/h3-9,12H,10-11H2,1-2H3. The molecule has 0 atom stereocenters. The maximum Gasteiger partial charge on any atom is 0.406 e. The molecule has 1 aromatic carbocycles. The highest BCUT2D eigenvalue weighted by atomic mass is 16.6. The van der Waals surface area contributed by atoms with Gasteiger partial charge in [0.05, 0.1) is 19.9 Å². The van der Waals surface area contributed by atoms with Crippen molar-refractivity contribution in [2.45, 2.75) is 13.1 Å². The zero-order valence-corrected chi connectivity index (χ0v) is 14.0. The Labute approximate surface area is 144 Å². The van der Waals surface area contributed by atoms with Crippen LogP contribution in [0.15, 0.2) is 53.4 Å². The third-order valence-corrected chi connectivity index (χ3v) is 3.82. The molecular formula is C17H18N4O4. The summed E-state index contributed by atoms with van der Waals surface area (Å²) in [6.07, 6.45) is 3.02. The van der Waals surface area contributed by atoms with Crippen LogP contribution in [-0.4, -0.2) is 21.6 Å². The van der Waals surface area contributed by atoms with Crippen LogP contribution in [0.2, 0.25) is 0 Å². The van der Waals surface area contributed by atoms with Crippen LogP contribution < -0.4 is 9.64 Å². The first-order valence-corrected chi connectivity index (χ1v) is 7.64. The normalized spacial score (nSPS) is 10.6. The molecule has 0 fully saturated rings. The predicted molar refractivity (Wildman–Crippen MR) is 91.5 cm³/mol. The Kier molecular flexibility index (Phi) is 4.69. The van der Waals surface area contributed by atoms with Gasteiger partial charge in [-0.25, -0.2) is 0 Å². The van der Waals surface area contributed by atoms with Gasteiger partial charge in [0.2, 0.25) is 12.1 Å². The van der Waals surface area contributed by atoms with Gasteiger partial charge in [-0.15, -0.1) is 0 Å². The van der Waals surface area contributed by atoms with Crippen molar-refractivity contribution in [1.82, 2.24) is 9.55 Å². The number of imidazole rings is 1. The van der Waals surface area contributed by atoms with E-state index >= 15 is 0 Å². The highest BCUT2D eigenvalue weighted by molar-refractivity contribution is 5.55. The van der Waals surface area contributed by atoms with Crippen LogP contribution in [0, 0.1) is 10.1 Å². The van der Waals surface area contributed by atoms with Crippen LogP contribution in [-0.2, 0) is 20.1 Å². The van der Waals surface area contributed by atoms with E-state index < -0.39 is 4.92 Å². The monoisotopic (exact) mass is 342 g/mol. The lowest BCUT2D eigenvalue weighted by atomic mass is 10.2. The molecule has 0 aliphatic rings. The first-order chi connectivity index (χ1) is 12.1. The van der Waals surface area contributed by atoms with Crippen molar-refractivity contribution in [1.29, 1.82) is 0 Å². The van der Waals surface area contributed by atoms with Gasteiger partial charge in [0, 0.05) is 13.6 Å². The van der Waals surface area contributed by atoms with E-state index in [-0.39, 0.29) is 5.82 Å². The van der Waals surface area contributed by atoms with E-state index in [1.54, 1.807) is 31.1 Å². The summed E-state index contributed by atoms with van der Waals surface area (Å²) < 4.78 is 12.2. The number of nitro groups is 1. The molecule has 2 heterocycles. The van der Waals surface area contributed by atoms with E-state index in [4.69, 9.17) is 9.15 Å². The van der Waals surface area contributed by atoms with Gasteiger partial charge in [-0.05, 0) is 39.7 Å². The van der Waals surface area contributed by atoms with Crippen molar-refractivity contribution >= 4 is 11.6 Å². The molecule has 0 N–H and O–H groups in total. The number of nitrogens with zero attached hydrogens (tertiary/aromatic N) is 4. The number of ether oxygens (including phenoxy) is 1. The van der Waals surface area contributed by atoms with Gasteiger partial charge in [0.25, 0.3) is 0 Å². The van der Waals surface area contributed by atoms with Crippen molar-refractivity contribution < 1.29 is 14.1 Å². The second-order valence-electron chi connectivity index (χ2n) is 5.54. The highest BCUT2D eigenvalue weighted by Crippen LogP contribution is 2.29. The number of benzene rings is 1. The van der Waals surface area contributed by atoms with Crippen molar-refractivity contribution in [2.24, 2.45) is 7.05 Å². The van der Waals surface area contributed by atoms with E-state index in [9.17, 15) is 10.1 Å². The lowest BCUT2D eigenvalue weighted by molar-refractivity contribution is -0.388. The zero-order chi connectivity index (χ0) is 17.8. The number of anilines is 1. The first kappa shape index (κ1) is 16.6. The fourth-order valence-corrected chi connectivity index (χ4v) is 2.65. The summed E-state index contributed by atoms with van der Waals surface area (Å²) in [7, 11) is 3.34. The fourth-order valence-electron chi connectivity index (χ4n) is 2.65. The third-order valence-electron chi connectivity index (χ3n) is 3.82. The summed E-state index contributed by atoms with van der Waals surface area (Å²) in [5, 5.41) is 11.3. The Balaban J connectivity index is 1.94. The van der Waals surface area contributed by atoms with E-state index in [1.165, 1.54) is 6.33 Å². The van der Waals surface area contributed by atoms with Gasteiger partial charge < -0.3 is 24.2 Å². The lowest BCUT2D eigenvalue weighted by Gasteiger charge is -2.23. The largest absolute Gasteiger partial charge is 0.497 e. The fraction of sp³-hybridized carbons (Fsp3) is 0.235. The highest BCUT2D eigenvalue weighted by Gasteiger charge is 2.26. The van der Waals surface area contributed by atoms with Gasteiger partial charge >= 0.3 is 5.82 Å². The van der Waals surface area contributed by atoms with E-state index in [1.807, 2.05) is 35.2 Å².